The highest BCUT2D eigenvalue weighted by Crippen LogP contribution is 2.32. The van der Waals surface area contributed by atoms with Gasteiger partial charge in [0.1, 0.15) is 4.88 Å². The molecule has 17 heavy (non-hydrogen) atoms. The van der Waals surface area contributed by atoms with Crippen LogP contribution in [-0.2, 0) is 0 Å². The molecule has 1 N–H and O–H groups in total. The Labute approximate surface area is 107 Å². The second-order valence-electron chi connectivity index (χ2n) is 3.73. The predicted molar refractivity (Wildman–Crippen MR) is 67.7 cm³/mol. The highest BCUT2D eigenvalue weighted by atomic mass is 35.5. The number of nitrogens with one attached hydrogen (secondary N) is 1. The molecule has 3 heterocycles. The summed E-state index contributed by atoms with van der Waals surface area (Å²) >= 11 is 7.53. The fraction of sp³-hybridized carbons (Fsp3) is 0.400. The van der Waals surface area contributed by atoms with E-state index < -0.39 is 0 Å². The monoisotopic (exact) mass is 270 g/mol. The first kappa shape index (κ1) is 11.0. The lowest BCUT2D eigenvalue weighted by Crippen LogP contribution is -2.44. The number of hydrogen-bond donors (Lipinski definition) is 1. The van der Waals surface area contributed by atoms with Gasteiger partial charge in [-0.15, -0.1) is 11.3 Å². The van der Waals surface area contributed by atoms with Gasteiger partial charge in [0.25, 0.3) is 11.8 Å². The van der Waals surface area contributed by atoms with E-state index in [-0.39, 0.29) is 0 Å². The molecular formula is C10H11ClN4OS. The van der Waals surface area contributed by atoms with Crippen LogP contribution < -0.4 is 10.2 Å². The first-order valence-corrected chi connectivity index (χ1v) is 6.63. The third-order valence-corrected chi connectivity index (χ3v) is 3.96. The summed E-state index contributed by atoms with van der Waals surface area (Å²) in [7, 11) is 0. The minimum Gasteiger partial charge on any atom is -0.336 e. The van der Waals surface area contributed by atoms with Gasteiger partial charge in [0.2, 0.25) is 0 Å². The number of rotatable bonds is 2. The smallest absolute Gasteiger partial charge is 0.271 e. The highest BCUT2D eigenvalue weighted by molar-refractivity contribution is 7.14. The maximum absolute atomic E-state index is 6.03. The van der Waals surface area contributed by atoms with Crippen LogP contribution in [-0.4, -0.2) is 36.3 Å². The molecule has 1 aliphatic rings. The Morgan fingerprint density at radius 3 is 2.94 bits per heavy atom. The van der Waals surface area contributed by atoms with Crippen molar-refractivity contribution in [3.05, 3.63) is 16.5 Å². The fourth-order valence-electron chi connectivity index (χ4n) is 1.75. The van der Waals surface area contributed by atoms with E-state index in [2.05, 4.69) is 20.4 Å². The molecule has 0 atom stereocenters. The van der Waals surface area contributed by atoms with Crippen LogP contribution in [0.4, 0.5) is 5.95 Å². The van der Waals surface area contributed by atoms with Crippen molar-refractivity contribution in [1.29, 1.82) is 0 Å². The number of anilines is 1. The molecule has 90 valence electrons. The SMILES string of the molecule is Clc1ccsc1-c1nc(N2CCNCC2)no1. The zero-order valence-corrected chi connectivity index (χ0v) is 10.6. The van der Waals surface area contributed by atoms with E-state index in [4.69, 9.17) is 16.1 Å². The number of aromatic nitrogens is 2. The Bertz CT molecular complexity index is 506. The Hall–Kier alpha value is -1.11. The van der Waals surface area contributed by atoms with Crippen molar-refractivity contribution in [3.63, 3.8) is 0 Å². The standard InChI is InChI=1S/C10H11ClN4OS/c11-7-1-6-17-8(7)9-13-10(14-16-9)15-4-2-12-3-5-15/h1,6,12H,2-5H2. The van der Waals surface area contributed by atoms with Crippen molar-refractivity contribution in [1.82, 2.24) is 15.5 Å². The zero-order chi connectivity index (χ0) is 11.7. The maximum atomic E-state index is 6.03. The summed E-state index contributed by atoms with van der Waals surface area (Å²) in [5, 5.41) is 9.85. The van der Waals surface area contributed by atoms with Crippen molar-refractivity contribution in [2.24, 2.45) is 0 Å². The van der Waals surface area contributed by atoms with Crippen LogP contribution in [0, 0.1) is 0 Å². The summed E-state index contributed by atoms with van der Waals surface area (Å²) < 4.78 is 5.25. The Morgan fingerprint density at radius 2 is 2.24 bits per heavy atom. The highest BCUT2D eigenvalue weighted by Gasteiger charge is 2.18. The molecule has 1 aliphatic heterocycles. The molecule has 0 saturated carbocycles. The molecule has 0 amide bonds. The Morgan fingerprint density at radius 1 is 1.41 bits per heavy atom. The summed E-state index contributed by atoms with van der Waals surface area (Å²) in [6.07, 6.45) is 0. The molecule has 2 aromatic heterocycles. The van der Waals surface area contributed by atoms with Crippen LogP contribution in [0.2, 0.25) is 5.02 Å². The van der Waals surface area contributed by atoms with Gasteiger partial charge < -0.3 is 14.7 Å². The second kappa shape index (κ2) is 4.64. The molecule has 0 radical (unpaired) electrons. The molecule has 0 unspecified atom stereocenters. The van der Waals surface area contributed by atoms with Crippen molar-refractivity contribution in [3.8, 4) is 10.8 Å². The van der Waals surface area contributed by atoms with Crippen LogP contribution in [0.15, 0.2) is 16.0 Å². The molecule has 0 aliphatic carbocycles. The van der Waals surface area contributed by atoms with E-state index in [1.807, 2.05) is 11.4 Å². The molecular weight excluding hydrogens is 260 g/mol. The fourth-order valence-corrected chi connectivity index (χ4v) is 2.80. The van der Waals surface area contributed by atoms with Crippen molar-refractivity contribution in [2.75, 3.05) is 31.1 Å². The average Bonchev–Trinajstić information content (AvgIpc) is 2.98. The van der Waals surface area contributed by atoms with Crippen molar-refractivity contribution < 1.29 is 4.52 Å². The van der Waals surface area contributed by atoms with Gasteiger partial charge in [-0.25, -0.2) is 0 Å². The first-order valence-electron chi connectivity index (χ1n) is 5.37. The molecule has 2 aromatic rings. The lowest BCUT2D eigenvalue weighted by molar-refractivity contribution is 0.428. The van der Waals surface area contributed by atoms with Gasteiger partial charge in [-0.05, 0) is 16.6 Å². The number of piperazine rings is 1. The second-order valence-corrected chi connectivity index (χ2v) is 5.06. The number of thiophene rings is 1. The lowest BCUT2D eigenvalue weighted by Gasteiger charge is -2.25. The number of hydrogen-bond acceptors (Lipinski definition) is 6. The van der Waals surface area contributed by atoms with Crippen molar-refractivity contribution in [2.45, 2.75) is 0 Å². The topological polar surface area (TPSA) is 54.2 Å². The van der Waals surface area contributed by atoms with Gasteiger partial charge in [-0.2, -0.15) is 4.98 Å². The third-order valence-electron chi connectivity index (χ3n) is 2.63. The van der Waals surface area contributed by atoms with Gasteiger partial charge in [0.15, 0.2) is 0 Å². The van der Waals surface area contributed by atoms with Gasteiger partial charge >= 0.3 is 0 Å². The minimum absolute atomic E-state index is 0.499. The maximum Gasteiger partial charge on any atom is 0.271 e. The van der Waals surface area contributed by atoms with Gasteiger partial charge in [0, 0.05) is 26.2 Å². The lowest BCUT2D eigenvalue weighted by atomic mass is 10.4. The third kappa shape index (κ3) is 2.15. The molecule has 5 nitrogen and oxygen atoms in total. The summed E-state index contributed by atoms with van der Waals surface area (Å²) in [6.45, 7) is 3.70. The van der Waals surface area contributed by atoms with Gasteiger partial charge in [-0.1, -0.05) is 11.6 Å². The summed E-state index contributed by atoms with van der Waals surface area (Å²) in [6, 6.07) is 1.83. The van der Waals surface area contributed by atoms with E-state index in [0.717, 1.165) is 31.1 Å². The van der Waals surface area contributed by atoms with E-state index >= 15 is 0 Å². The van der Waals surface area contributed by atoms with Crippen LogP contribution in [0.25, 0.3) is 10.8 Å². The predicted octanol–water partition coefficient (Wildman–Crippen LogP) is 1.86. The summed E-state index contributed by atoms with van der Waals surface area (Å²) in [4.78, 5) is 7.32. The van der Waals surface area contributed by atoms with Crippen LogP contribution in [0.3, 0.4) is 0 Å². The van der Waals surface area contributed by atoms with E-state index in [1.54, 1.807) is 0 Å². The summed E-state index contributed by atoms with van der Waals surface area (Å²) in [5.74, 6) is 1.14. The quantitative estimate of drug-likeness (QED) is 0.903. The number of nitrogens with zero attached hydrogens (tertiary/aromatic N) is 3. The average molecular weight is 271 g/mol. The first-order chi connectivity index (χ1) is 8.34. The molecule has 0 spiro atoms. The minimum atomic E-state index is 0.499. The molecule has 0 aromatic carbocycles. The number of halogens is 1. The van der Waals surface area contributed by atoms with Gasteiger partial charge in [0.05, 0.1) is 5.02 Å². The van der Waals surface area contributed by atoms with Crippen LogP contribution in [0.1, 0.15) is 0 Å². The Balaban J connectivity index is 1.85. The van der Waals surface area contributed by atoms with Gasteiger partial charge in [-0.3, -0.25) is 0 Å². The molecule has 0 bridgehead atoms. The molecule has 1 saturated heterocycles. The molecule has 1 fully saturated rings. The van der Waals surface area contributed by atoms with Crippen LogP contribution >= 0.6 is 22.9 Å². The largest absolute Gasteiger partial charge is 0.336 e. The molecule has 3 rings (SSSR count). The van der Waals surface area contributed by atoms with E-state index in [1.165, 1.54) is 11.3 Å². The van der Waals surface area contributed by atoms with Crippen LogP contribution in [0.5, 0.6) is 0 Å². The Kier molecular flexibility index (Phi) is 3.00. The zero-order valence-electron chi connectivity index (χ0n) is 9.02. The summed E-state index contributed by atoms with van der Waals surface area (Å²) in [5.41, 5.74) is 0. The molecule has 7 heteroatoms. The normalized spacial score (nSPS) is 16.4. The van der Waals surface area contributed by atoms with Crippen molar-refractivity contribution >= 4 is 28.9 Å². The van der Waals surface area contributed by atoms with E-state index in [0.29, 0.717) is 16.9 Å². The van der Waals surface area contributed by atoms with E-state index in [9.17, 15) is 0 Å².